The molecule has 0 bridgehead atoms. The van der Waals surface area contributed by atoms with Gasteiger partial charge in [-0.3, -0.25) is 0 Å². The molecule has 0 radical (unpaired) electrons. The minimum atomic E-state index is 0.798. The molecule has 2 nitrogen and oxygen atoms in total. The highest BCUT2D eigenvalue weighted by Crippen LogP contribution is 2.18. The lowest BCUT2D eigenvalue weighted by Crippen LogP contribution is -2.38. The third-order valence-corrected chi connectivity index (χ3v) is 3.28. The fraction of sp³-hybridized carbons (Fsp3) is 0.158. The fourth-order valence-corrected chi connectivity index (χ4v) is 2.28. The first-order valence-corrected chi connectivity index (χ1v) is 7.17. The van der Waals surface area contributed by atoms with E-state index in [-0.39, 0.29) is 0 Å². The highest BCUT2D eigenvalue weighted by molar-refractivity contribution is 5.52. The van der Waals surface area contributed by atoms with Gasteiger partial charge in [-0.2, -0.15) is 0 Å². The fourth-order valence-electron chi connectivity index (χ4n) is 2.28. The van der Waals surface area contributed by atoms with Crippen LogP contribution in [0.2, 0.25) is 0 Å². The lowest BCUT2D eigenvalue weighted by Gasteiger charge is -2.32. The van der Waals surface area contributed by atoms with Crippen molar-refractivity contribution in [3.05, 3.63) is 86.0 Å². The number of anilines is 2. The van der Waals surface area contributed by atoms with Crippen LogP contribution in [0, 0.1) is 0 Å². The van der Waals surface area contributed by atoms with Crippen molar-refractivity contribution >= 4 is 11.4 Å². The lowest BCUT2D eigenvalue weighted by atomic mass is 10.2. The summed E-state index contributed by atoms with van der Waals surface area (Å²) in [5.41, 5.74) is 2.39. The molecule has 0 aromatic heterocycles. The van der Waals surface area contributed by atoms with Crippen LogP contribution in [0.15, 0.2) is 86.0 Å². The summed E-state index contributed by atoms with van der Waals surface area (Å²) in [6.45, 7) is 10.2. The van der Waals surface area contributed by atoms with Crippen LogP contribution in [0.1, 0.15) is 0 Å². The lowest BCUT2D eigenvalue weighted by molar-refractivity contribution is 0.791. The summed E-state index contributed by atoms with van der Waals surface area (Å²) in [4.78, 5) is 4.59. The summed E-state index contributed by atoms with van der Waals surface area (Å²) in [5, 5.41) is 0. The third-order valence-electron chi connectivity index (χ3n) is 3.28. The number of hydrogen-bond acceptors (Lipinski definition) is 2. The van der Waals surface area contributed by atoms with Gasteiger partial charge in [-0.05, 0) is 24.3 Å². The summed E-state index contributed by atoms with van der Waals surface area (Å²) in [7, 11) is 0. The van der Waals surface area contributed by atoms with E-state index < -0.39 is 0 Å². The average Bonchev–Trinajstić information content (AvgIpc) is 2.55. The van der Waals surface area contributed by atoms with E-state index in [0.29, 0.717) is 0 Å². The summed E-state index contributed by atoms with van der Waals surface area (Å²) >= 11 is 0. The van der Waals surface area contributed by atoms with Gasteiger partial charge in [0.25, 0.3) is 0 Å². The van der Waals surface area contributed by atoms with Gasteiger partial charge in [0.2, 0.25) is 0 Å². The molecule has 0 amide bonds. The molecule has 0 atom stereocenters. The number of nitrogens with zero attached hydrogens (tertiary/aromatic N) is 2. The summed E-state index contributed by atoms with van der Waals surface area (Å²) in [5.74, 6) is 0. The highest BCUT2D eigenvalue weighted by atomic mass is 15.3. The van der Waals surface area contributed by atoms with Crippen molar-refractivity contribution in [2.45, 2.75) is 0 Å². The van der Waals surface area contributed by atoms with Gasteiger partial charge in [-0.15, -0.1) is 13.2 Å². The predicted octanol–water partition coefficient (Wildman–Crippen LogP) is 4.33. The molecule has 0 aliphatic rings. The highest BCUT2D eigenvalue weighted by Gasteiger charge is 2.10. The Morgan fingerprint density at radius 2 is 1.05 bits per heavy atom. The van der Waals surface area contributed by atoms with Crippen LogP contribution >= 0.6 is 0 Å². The molecule has 0 heterocycles. The molecule has 2 heteroatoms. The molecule has 0 N–H and O–H groups in total. The van der Waals surface area contributed by atoms with Gasteiger partial charge in [0.05, 0.1) is 6.67 Å². The Morgan fingerprint density at radius 1 is 0.667 bits per heavy atom. The Kier molecular flexibility index (Phi) is 5.65. The van der Waals surface area contributed by atoms with Gasteiger partial charge in [0, 0.05) is 24.5 Å². The van der Waals surface area contributed by atoms with E-state index in [4.69, 9.17) is 0 Å². The van der Waals surface area contributed by atoms with Crippen molar-refractivity contribution in [2.75, 3.05) is 29.6 Å². The Labute approximate surface area is 127 Å². The first kappa shape index (κ1) is 14.9. The van der Waals surface area contributed by atoms with Gasteiger partial charge in [-0.25, -0.2) is 0 Å². The Balaban J connectivity index is 2.20. The maximum Gasteiger partial charge on any atom is 0.0909 e. The summed E-state index contributed by atoms with van der Waals surface area (Å²) < 4.78 is 0. The predicted molar refractivity (Wildman–Crippen MR) is 92.8 cm³/mol. The number of rotatable bonds is 8. The maximum atomic E-state index is 3.87. The molecule has 0 saturated heterocycles. The average molecular weight is 278 g/mol. The Hall–Kier alpha value is -2.48. The zero-order chi connectivity index (χ0) is 14.9. The van der Waals surface area contributed by atoms with E-state index in [1.807, 2.05) is 24.3 Å². The Morgan fingerprint density at radius 3 is 1.38 bits per heavy atom. The maximum absolute atomic E-state index is 3.87. The summed E-state index contributed by atoms with van der Waals surface area (Å²) in [6, 6.07) is 20.8. The van der Waals surface area contributed by atoms with Gasteiger partial charge in [0.1, 0.15) is 0 Å². The topological polar surface area (TPSA) is 6.48 Å². The number of hydrogen-bond donors (Lipinski definition) is 0. The third kappa shape index (κ3) is 4.25. The molecule has 21 heavy (non-hydrogen) atoms. The Bertz CT molecular complexity index is 497. The molecular formula is C19H22N2. The van der Waals surface area contributed by atoms with Crippen molar-refractivity contribution in [1.82, 2.24) is 0 Å². The van der Waals surface area contributed by atoms with Gasteiger partial charge >= 0.3 is 0 Å². The van der Waals surface area contributed by atoms with Crippen LogP contribution in [0.4, 0.5) is 11.4 Å². The molecule has 2 rings (SSSR count). The quantitative estimate of drug-likeness (QED) is 0.524. The second kappa shape index (κ2) is 7.95. The smallest absolute Gasteiger partial charge is 0.0909 e. The van der Waals surface area contributed by atoms with Gasteiger partial charge in [-0.1, -0.05) is 48.6 Å². The molecular weight excluding hydrogens is 256 g/mol. The zero-order valence-corrected chi connectivity index (χ0v) is 12.4. The van der Waals surface area contributed by atoms with E-state index in [9.17, 15) is 0 Å². The van der Waals surface area contributed by atoms with Crippen LogP contribution < -0.4 is 9.80 Å². The van der Waals surface area contributed by atoms with Crippen LogP contribution in [0.25, 0.3) is 0 Å². The molecule has 0 unspecified atom stereocenters. The number of benzene rings is 2. The van der Waals surface area contributed by atoms with Crippen molar-refractivity contribution in [2.24, 2.45) is 0 Å². The molecule has 0 aliphatic carbocycles. The molecule has 0 fully saturated rings. The standard InChI is InChI=1S/C19H22N2/c1-3-15-20(18-11-7-5-8-12-18)17-21(16-4-2)19-13-9-6-10-14-19/h3-14H,1-2,15-17H2. The first-order valence-electron chi connectivity index (χ1n) is 7.17. The second-order valence-electron chi connectivity index (χ2n) is 4.83. The molecule has 2 aromatic carbocycles. The molecule has 2 aromatic rings. The molecule has 0 saturated carbocycles. The van der Waals surface area contributed by atoms with E-state index >= 15 is 0 Å². The van der Waals surface area contributed by atoms with Gasteiger partial charge < -0.3 is 9.80 Å². The zero-order valence-electron chi connectivity index (χ0n) is 12.4. The van der Waals surface area contributed by atoms with Crippen molar-refractivity contribution in [1.29, 1.82) is 0 Å². The van der Waals surface area contributed by atoms with E-state index in [0.717, 1.165) is 19.8 Å². The molecule has 108 valence electrons. The normalized spacial score (nSPS) is 9.90. The second-order valence-corrected chi connectivity index (χ2v) is 4.83. The van der Waals surface area contributed by atoms with Crippen LogP contribution in [0.3, 0.4) is 0 Å². The first-order chi connectivity index (χ1) is 10.3. The van der Waals surface area contributed by atoms with E-state index in [1.165, 1.54) is 11.4 Å². The van der Waals surface area contributed by atoms with Crippen molar-refractivity contribution < 1.29 is 0 Å². The molecule has 0 aliphatic heterocycles. The monoisotopic (exact) mass is 278 g/mol. The minimum absolute atomic E-state index is 0.798. The van der Waals surface area contributed by atoms with Gasteiger partial charge in [0.15, 0.2) is 0 Å². The van der Waals surface area contributed by atoms with Crippen molar-refractivity contribution in [3.63, 3.8) is 0 Å². The molecule has 0 spiro atoms. The van der Waals surface area contributed by atoms with Crippen LogP contribution in [-0.2, 0) is 0 Å². The minimum Gasteiger partial charge on any atom is -0.350 e. The summed E-state index contributed by atoms with van der Waals surface area (Å²) in [6.07, 6.45) is 3.87. The van der Waals surface area contributed by atoms with Crippen molar-refractivity contribution in [3.8, 4) is 0 Å². The largest absolute Gasteiger partial charge is 0.350 e. The van der Waals surface area contributed by atoms with E-state index in [2.05, 4.69) is 71.5 Å². The number of para-hydroxylation sites is 2. The van der Waals surface area contributed by atoms with Crippen LogP contribution in [-0.4, -0.2) is 19.8 Å². The SMILES string of the molecule is C=CCN(CN(CC=C)c1ccccc1)c1ccccc1. The van der Waals surface area contributed by atoms with E-state index in [1.54, 1.807) is 0 Å². The van der Waals surface area contributed by atoms with Crippen LogP contribution in [0.5, 0.6) is 0 Å².